The fourth-order valence-corrected chi connectivity index (χ4v) is 3.05. The molecule has 1 amide bonds. The number of hydrogen-bond acceptors (Lipinski definition) is 4. The number of nitrogens with one attached hydrogen (secondary N) is 1. The van der Waals surface area contributed by atoms with Crippen molar-refractivity contribution in [2.24, 2.45) is 0 Å². The summed E-state index contributed by atoms with van der Waals surface area (Å²) in [7, 11) is 0. The van der Waals surface area contributed by atoms with Crippen molar-refractivity contribution in [3.8, 4) is 11.6 Å². The number of carbonyl (C=O) groups excluding carboxylic acids is 1. The number of alkyl halides is 3. The molecule has 0 aliphatic heterocycles. The molecular formula is C20H14F4N2O2S. The molecule has 3 rings (SSSR count). The number of benzene rings is 2. The van der Waals surface area contributed by atoms with Crippen LogP contribution in [-0.2, 0) is 6.54 Å². The number of halogens is 4. The molecule has 9 heteroatoms. The molecule has 3 aromatic rings. The van der Waals surface area contributed by atoms with Crippen molar-refractivity contribution in [2.75, 3.05) is 0 Å². The van der Waals surface area contributed by atoms with E-state index in [2.05, 4.69) is 10.3 Å². The predicted molar refractivity (Wildman–Crippen MR) is 100 cm³/mol. The number of rotatable bonds is 6. The molecule has 0 fully saturated rings. The van der Waals surface area contributed by atoms with E-state index in [4.69, 9.17) is 4.74 Å². The Balaban J connectivity index is 1.66. The molecule has 0 atom stereocenters. The van der Waals surface area contributed by atoms with Gasteiger partial charge in [0.1, 0.15) is 11.6 Å². The average molecular weight is 422 g/mol. The third kappa shape index (κ3) is 6.21. The highest BCUT2D eigenvalue weighted by molar-refractivity contribution is 8.00. The van der Waals surface area contributed by atoms with Gasteiger partial charge in [0.15, 0.2) is 0 Å². The van der Waals surface area contributed by atoms with Crippen LogP contribution in [0.3, 0.4) is 0 Å². The Bertz CT molecular complexity index is 994. The van der Waals surface area contributed by atoms with Crippen molar-refractivity contribution in [3.63, 3.8) is 0 Å². The van der Waals surface area contributed by atoms with Crippen molar-refractivity contribution in [3.05, 3.63) is 83.8 Å². The highest BCUT2D eigenvalue weighted by atomic mass is 32.2. The van der Waals surface area contributed by atoms with Gasteiger partial charge in [0, 0.05) is 23.7 Å². The van der Waals surface area contributed by atoms with Gasteiger partial charge >= 0.3 is 5.51 Å². The van der Waals surface area contributed by atoms with Crippen LogP contribution in [-0.4, -0.2) is 16.4 Å². The van der Waals surface area contributed by atoms with E-state index in [-0.39, 0.29) is 34.6 Å². The maximum atomic E-state index is 12.9. The van der Waals surface area contributed by atoms with Crippen molar-refractivity contribution >= 4 is 17.7 Å². The van der Waals surface area contributed by atoms with Gasteiger partial charge < -0.3 is 10.1 Å². The van der Waals surface area contributed by atoms with Crippen LogP contribution in [0.4, 0.5) is 17.6 Å². The first kappa shape index (κ1) is 20.7. The molecule has 0 saturated heterocycles. The van der Waals surface area contributed by atoms with Crippen LogP contribution in [0.5, 0.6) is 11.6 Å². The zero-order chi connectivity index (χ0) is 20.9. The number of thioether (sulfide) groups is 1. The molecule has 1 aromatic heterocycles. The van der Waals surface area contributed by atoms with Crippen LogP contribution in [0.2, 0.25) is 0 Å². The fourth-order valence-electron chi connectivity index (χ4n) is 2.39. The summed E-state index contributed by atoms with van der Waals surface area (Å²) in [5.41, 5.74) is -3.92. The summed E-state index contributed by atoms with van der Waals surface area (Å²) >= 11 is -0.335. The van der Waals surface area contributed by atoms with Crippen LogP contribution in [0.15, 0.2) is 71.8 Å². The van der Waals surface area contributed by atoms with Crippen molar-refractivity contribution < 1.29 is 27.1 Å². The number of aromatic nitrogens is 1. The Morgan fingerprint density at radius 1 is 1.07 bits per heavy atom. The largest absolute Gasteiger partial charge is 0.446 e. The van der Waals surface area contributed by atoms with E-state index < -0.39 is 17.2 Å². The van der Waals surface area contributed by atoms with Crippen LogP contribution >= 0.6 is 11.8 Å². The Morgan fingerprint density at radius 3 is 2.52 bits per heavy atom. The van der Waals surface area contributed by atoms with Crippen LogP contribution in [0.25, 0.3) is 0 Å². The summed E-state index contributed by atoms with van der Waals surface area (Å²) in [4.78, 5) is 16.2. The Labute approximate surface area is 167 Å². The minimum absolute atomic E-state index is 0.0617. The standard InChI is InChI=1S/C20H14F4N2O2S/c21-14-5-7-15(8-6-14)28-18-11-13(9-10-25-18)12-26-19(27)16-3-1-2-4-17(16)29-20(22,23)24/h1-11H,12H2,(H,26,27). The van der Waals surface area contributed by atoms with E-state index in [0.29, 0.717) is 11.3 Å². The lowest BCUT2D eigenvalue weighted by molar-refractivity contribution is -0.0328. The maximum Gasteiger partial charge on any atom is 0.446 e. The molecule has 4 nitrogen and oxygen atoms in total. The molecule has 0 aliphatic rings. The van der Waals surface area contributed by atoms with E-state index >= 15 is 0 Å². The maximum absolute atomic E-state index is 12.9. The van der Waals surface area contributed by atoms with Crippen molar-refractivity contribution in [1.82, 2.24) is 10.3 Å². The van der Waals surface area contributed by atoms with E-state index in [1.807, 2.05) is 0 Å². The van der Waals surface area contributed by atoms with Gasteiger partial charge in [-0.2, -0.15) is 13.2 Å². The summed E-state index contributed by atoms with van der Waals surface area (Å²) in [5.74, 6) is -0.407. The molecule has 0 bridgehead atoms. The first-order valence-corrected chi connectivity index (χ1v) is 9.13. The summed E-state index contributed by atoms with van der Waals surface area (Å²) in [6.45, 7) is 0.0617. The summed E-state index contributed by atoms with van der Waals surface area (Å²) < 4.78 is 56.5. The molecule has 0 saturated carbocycles. The molecule has 0 unspecified atom stereocenters. The second kappa shape index (κ2) is 8.95. The first-order chi connectivity index (χ1) is 13.8. The normalized spacial score (nSPS) is 11.2. The smallest absolute Gasteiger partial charge is 0.439 e. The Morgan fingerprint density at radius 2 is 1.79 bits per heavy atom. The van der Waals surface area contributed by atoms with Gasteiger partial charge in [0.25, 0.3) is 5.91 Å². The van der Waals surface area contributed by atoms with Gasteiger partial charge in [-0.15, -0.1) is 0 Å². The highest BCUT2D eigenvalue weighted by Gasteiger charge is 2.31. The number of ether oxygens (including phenoxy) is 1. The van der Waals surface area contributed by atoms with Gasteiger partial charge in [-0.3, -0.25) is 4.79 Å². The van der Waals surface area contributed by atoms with Gasteiger partial charge in [-0.05, 0) is 59.8 Å². The zero-order valence-electron chi connectivity index (χ0n) is 14.7. The number of pyridine rings is 1. The van der Waals surface area contributed by atoms with Crippen LogP contribution < -0.4 is 10.1 Å². The summed E-state index contributed by atoms with van der Waals surface area (Å²) in [6.07, 6.45) is 1.47. The van der Waals surface area contributed by atoms with Crippen LogP contribution in [0, 0.1) is 5.82 Å². The number of carbonyl (C=O) groups is 1. The number of nitrogens with zero attached hydrogens (tertiary/aromatic N) is 1. The molecule has 1 heterocycles. The molecular weight excluding hydrogens is 408 g/mol. The lowest BCUT2D eigenvalue weighted by atomic mass is 10.2. The Hall–Kier alpha value is -3.07. The van der Waals surface area contributed by atoms with Crippen LogP contribution in [0.1, 0.15) is 15.9 Å². The average Bonchev–Trinajstić information content (AvgIpc) is 2.67. The second-order valence-corrected chi connectivity index (χ2v) is 6.89. The minimum Gasteiger partial charge on any atom is -0.439 e. The molecule has 0 radical (unpaired) electrons. The SMILES string of the molecule is O=C(NCc1ccnc(Oc2ccc(F)cc2)c1)c1ccccc1SC(F)(F)F. The molecule has 29 heavy (non-hydrogen) atoms. The van der Waals surface area contributed by atoms with E-state index in [1.54, 1.807) is 12.1 Å². The monoisotopic (exact) mass is 422 g/mol. The van der Waals surface area contributed by atoms with E-state index in [9.17, 15) is 22.4 Å². The summed E-state index contributed by atoms with van der Waals surface area (Å²) in [6, 6.07) is 14.1. The molecule has 0 spiro atoms. The Kier molecular flexibility index (Phi) is 6.38. The lowest BCUT2D eigenvalue weighted by Crippen LogP contribution is -2.23. The first-order valence-electron chi connectivity index (χ1n) is 8.31. The molecule has 1 N–H and O–H groups in total. The highest BCUT2D eigenvalue weighted by Crippen LogP contribution is 2.38. The molecule has 0 aliphatic carbocycles. The number of amides is 1. The third-order valence-corrected chi connectivity index (χ3v) is 4.45. The number of hydrogen-bond donors (Lipinski definition) is 1. The zero-order valence-corrected chi connectivity index (χ0v) is 15.6. The summed E-state index contributed by atoms with van der Waals surface area (Å²) in [5, 5.41) is 2.59. The van der Waals surface area contributed by atoms with Crippen molar-refractivity contribution in [2.45, 2.75) is 16.9 Å². The fraction of sp³-hybridized carbons (Fsp3) is 0.100. The van der Waals surface area contributed by atoms with Gasteiger partial charge in [-0.25, -0.2) is 9.37 Å². The van der Waals surface area contributed by atoms with Crippen molar-refractivity contribution in [1.29, 1.82) is 0 Å². The lowest BCUT2D eigenvalue weighted by Gasteiger charge is -2.12. The van der Waals surface area contributed by atoms with Gasteiger partial charge in [0.2, 0.25) is 5.88 Å². The molecule has 2 aromatic carbocycles. The van der Waals surface area contributed by atoms with Gasteiger partial charge in [0.05, 0.1) is 5.56 Å². The topological polar surface area (TPSA) is 51.2 Å². The third-order valence-electron chi connectivity index (χ3n) is 3.65. The molecule has 150 valence electrons. The quantitative estimate of drug-likeness (QED) is 0.418. The predicted octanol–water partition coefficient (Wildman–Crippen LogP) is 5.55. The van der Waals surface area contributed by atoms with Gasteiger partial charge in [-0.1, -0.05) is 12.1 Å². The minimum atomic E-state index is -4.49. The van der Waals surface area contributed by atoms with E-state index in [0.717, 1.165) is 0 Å². The van der Waals surface area contributed by atoms with E-state index in [1.165, 1.54) is 54.7 Å². The second-order valence-electron chi connectivity index (χ2n) is 5.78.